The number of carbonyl (C=O) groups excluding carboxylic acids is 1. The zero-order valence-electron chi connectivity index (χ0n) is 17.8. The number of carbonyl (C=O) groups is 1. The van der Waals surface area contributed by atoms with E-state index in [2.05, 4.69) is 30.1 Å². The van der Waals surface area contributed by atoms with Crippen molar-refractivity contribution in [3.8, 4) is 5.75 Å². The number of hydrogen-bond donors (Lipinski definition) is 1. The summed E-state index contributed by atoms with van der Waals surface area (Å²) in [6, 6.07) is 6.45. The lowest BCUT2D eigenvalue weighted by molar-refractivity contribution is -0.127. The Kier molecular flexibility index (Phi) is 6.28. The topological polar surface area (TPSA) is 54.5 Å². The molecule has 5 nitrogen and oxygen atoms in total. The Bertz CT molecular complexity index is 844. The number of nitrogens with one attached hydrogen (secondary N) is 1. The Labute approximate surface area is 177 Å². The second kappa shape index (κ2) is 8.90. The van der Waals surface area contributed by atoms with Crippen molar-refractivity contribution >= 4 is 32.6 Å². The highest BCUT2D eigenvalue weighted by molar-refractivity contribution is 7.22. The molecule has 29 heavy (non-hydrogen) atoms. The highest BCUT2D eigenvalue weighted by atomic mass is 32.1. The van der Waals surface area contributed by atoms with Gasteiger partial charge in [0.15, 0.2) is 5.13 Å². The van der Waals surface area contributed by atoms with Gasteiger partial charge in [-0.3, -0.25) is 4.79 Å². The first-order chi connectivity index (χ1) is 14.0. The number of hydrogen-bond acceptors (Lipinski definition) is 5. The predicted molar refractivity (Wildman–Crippen MR) is 120 cm³/mol. The molecule has 0 bridgehead atoms. The average molecular weight is 416 g/mol. The maximum Gasteiger partial charge on any atom is 0.223 e. The smallest absolute Gasteiger partial charge is 0.223 e. The lowest BCUT2D eigenvalue weighted by Gasteiger charge is -2.37. The van der Waals surface area contributed by atoms with Crippen LogP contribution in [0.15, 0.2) is 18.2 Å². The van der Waals surface area contributed by atoms with Crippen LogP contribution in [0.3, 0.4) is 0 Å². The highest BCUT2D eigenvalue weighted by Gasteiger charge is 2.32. The Hall–Kier alpha value is -1.82. The van der Waals surface area contributed by atoms with Gasteiger partial charge < -0.3 is 15.0 Å². The predicted octanol–water partition coefficient (Wildman–Crippen LogP) is 4.85. The Balaban J connectivity index is 1.34. The Morgan fingerprint density at radius 2 is 2.03 bits per heavy atom. The van der Waals surface area contributed by atoms with Crippen LogP contribution in [0.25, 0.3) is 10.2 Å². The van der Waals surface area contributed by atoms with Crippen molar-refractivity contribution in [2.24, 2.45) is 17.8 Å². The van der Waals surface area contributed by atoms with Gasteiger partial charge in [-0.25, -0.2) is 4.98 Å². The van der Waals surface area contributed by atoms with E-state index in [1.54, 1.807) is 11.3 Å². The largest absolute Gasteiger partial charge is 0.494 e. The third kappa shape index (κ3) is 4.52. The van der Waals surface area contributed by atoms with E-state index in [9.17, 15) is 4.79 Å². The SMILES string of the molecule is CCOc1ccc2nc(N3CCC(C(=O)N[C@@H]4CCC[C@H](C)[C@H]4C)CC3)sc2c1. The molecule has 1 aromatic carbocycles. The second-order valence-corrected chi connectivity index (χ2v) is 9.71. The molecule has 1 aliphatic heterocycles. The maximum atomic E-state index is 12.8. The standard InChI is InChI=1S/C23H33N3O2S/c1-4-28-18-8-9-20-21(14-18)29-23(25-20)26-12-10-17(11-13-26)22(27)24-19-7-5-6-15(2)16(19)3/h8-9,14-17,19H,4-7,10-13H2,1-3H3,(H,24,27)/t15-,16+,19+/m0/s1. The minimum atomic E-state index is 0.134. The summed E-state index contributed by atoms with van der Waals surface area (Å²) in [4.78, 5) is 20.0. The van der Waals surface area contributed by atoms with Crippen molar-refractivity contribution in [1.82, 2.24) is 10.3 Å². The number of ether oxygens (including phenoxy) is 1. The lowest BCUT2D eigenvalue weighted by Crippen LogP contribution is -2.48. The lowest BCUT2D eigenvalue weighted by atomic mass is 9.78. The van der Waals surface area contributed by atoms with Crippen molar-refractivity contribution in [2.75, 3.05) is 24.6 Å². The summed E-state index contributed by atoms with van der Waals surface area (Å²) >= 11 is 1.72. The number of benzene rings is 1. The van der Waals surface area contributed by atoms with Gasteiger partial charge in [0.05, 0.1) is 16.8 Å². The van der Waals surface area contributed by atoms with Gasteiger partial charge in [0.2, 0.25) is 5.91 Å². The normalized spacial score (nSPS) is 25.9. The van der Waals surface area contributed by atoms with Crippen LogP contribution >= 0.6 is 11.3 Å². The molecular formula is C23H33N3O2S. The number of piperidine rings is 1. The molecule has 4 rings (SSSR count). The van der Waals surface area contributed by atoms with Crippen LogP contribution in [0, 0.1) is 17.8 Å². The van der Waals surface area contributed by atoms with Gasteiger partial charge in [0, 0.05) is 25.0 Å². The first-order valence-corrected chi connectivity index (χ1v) is 12.0. The third-order valence-corrected chi connectivity index (χ3v) is 7.91. The molecular weight excluding hydrogens is 382 g/mol. The zero-order chi connectivity index (χ0) is 20.4. The molecule has 2 heterocycles. The van der Waals surface area contributed by atoms with Gasteiger partial charge in [0.25, 0.3) is 0 Å². The third-order valence-electron chi connectivity index (χ3n) is 6.83. The van der Waals surface area contributed by atoms with Gasteiger partial charge >= 0.3 is 0 Å². The fraction of sp³-hybridized carbons (Fsp3) is 0.652. The van der Waals surface area contributed by atoms with Crippen molar-refractivity contribution in [1.29, 1.82) is 0 Å². The molecule has 158 valence electrons. The van der Waals surface area contributed by atoms with E-state index in [0.717, 1.165) is 53.4 Å². The summed E-state index contributed by atoms with van der Waals surface area (Å²) < 4.78 is 6.76. The van der Waals surface area contributed by atoms with Gasteiger partial charge in [0.1, 0.15) is 5.75 Å². The number of rotatable bonds is 5. The minimum Gasteiger partial charge on any atom is -0.494 e. The molecule has 2 aromatic rings. The van der Waals surface area contributed by atoms with Gasteiger partial charge in [-0.2, -0.15) is 0 Å². The molecule has 1 saturated heterocycles. The quantitative estimate of drug-likeness (QED) is 0.758. The molecule has 0 spiro atoms. The summed E-state index contributed by atoms with van der Waals surface area (Å²) in [6.45, 7) is 9.07. The first kappa shape index (κ1) is 20.5. The molecule has 2 fully saturated rings. The molecule has 1 aromatic heterocycles. The fourth-order valence-electron chi connectivity index (χ4n) is 4.70. The van der Waals surface area contributed by atoms with Crippen molar-refractivity contribution in [3.63, 3.8) is 0 Å². The van der Waals surface area contributed by atoms with E-state index in [-0.39, 0.29) is 11.8 Å². The monoisotopic (exact) mass is 415 g/mol. The molecule has 0 unspecified atom stereocenters. The van der Waals surface area contributed by atoms with Gasteiger partial charge in [-0.05, 0) is 56.2 Å². The second-order valence-electron chi connectivity index (χ2n) is 8.70. The highest BCUT2D eigenvalue weighted by Crippen LogP contribution is 2.34. The van der Waals surface area contributed by atoms with Crippen molar-refractivity contribution in [2.45, 2.75) is 58.9 Å². The van der Waals surface area contributed by atoms with E-state index in [1.165, 1.54) is 12.8 Å². The molecule has 1 amide bonds. The fourth-order valence-corrected chi connectivity index (χ4v) is 5.75. The Morgan fingerprint density at radius 1 is 1.24 bits per heavy atom. The summed E-state index contributed by atoms with van der Waals surface area (Å²) in [5.41, 5.74) is 1.02. The van der Waals surface area contributed by atoms with Crippen LogP contribution in [0.5, 0.6) is 5.75 Å². The summed E-state index contributed by atoms with van der Waals surface area (Å²) in [5.74, 6) is 2.59. The molecule has 1 saturated carbocycles. The van der Waals surface area contributed by atoms with Crippen LogP contribution in [-0.2, 0) is 4.79 Å². The van der Waals surface area contributed by atoms with Crippen LogP contribution in [-0.4, -0.2) is 36.6 Å². The summed E-state index contributed by atoms with van der Waals surface area (Å²) in [7, 11) is 0. The van der Waals surface area contributed by atoms with Crippen LogP contribution in [0.2, 0.25) is 0 Å². The molecule has 6 heteroatoms. The van der Waals surface area contributed by atoms with Crippen LogP contribution in [0.1, 0.15) is 52.9 Å². The molecule has 2 aliphatic rings. The van der Waals surface area contributed by atoms with Crippen LogP contribution in [0.4, 0.5) is 5.13 Å². The zero-order valence-corrected chi connectivity index (χ0v) is 18.6. The minimum absolute atomic E-state index is 0.134. The van der Waals surface area contributed by atoms with E-state index < -0.39 is 0 Å². The number of amides is 1. The Morgan fingerprint density at radius 3 is 2.79 bits per heavy atom. The number of anilines is 1. The molecule has 0 radical (unpaired) electrons. The number of aromatic nitrogens is 1. The van der Waals surface area contributed by atoms with E-state index >= 15 is 0 Å². The summed E-state index contributed by atoms with van der Waals surface area (Å²) in [6.07, 6.45) is 5.47. The summed E-state index contributed by atoms with van der Waals surface area (Å²) in [5, 5.41) is 4.44. The first-order valence-electron chi connectivity index (χ1n) is 11.1. The average Bonchev–Trinajstić information content (AvgIpc) is 3.15. The van der Waals surface area contributed by atoms with E-state index in [0.29, 0.717) is 24.5 Å². The van der Waals surface area contributed by atoms with Crippen molar-refractivity contribution in [3.05, 3.63) is 18.2 Å². The number of fused-ring (bicyclic) bond motifs is 1. The van der Waals surface area contributed by atoms with Gasteiger partial charge in [-0.15, -0.1) is 0 Å². The maximum absolute atomic E-state index is 12.8. The van der Waals surface area contributed by atoms with Crippen LogP contribution < -0.4 is 15.0 Å². The molecule has 1 N–H and O–H groups in total. The van der Waals surface area contributed by atoms with E-state index in [4.69, 9.17) is 9.72 Å². The number of nitrogens with zero attached hydrogens (tertiary/aromatic N) is 2. The van der Waals surface area contributed by atoms with E-state index in [1.807, 2.05) is 19.1 Å². The number of thiazole rings is 1. The molecule has 1 aliphatic carbocycles. The van der Waals surface area contributed by atoms with Crippen molar-refractivity contribution < 1.29 is 9.53 Å². The van der Waals surface area contributed by atoms with Gasteiger partial charge in [-0.1, -0.05) is 38.0 Å². The molecule has 3 atom stereocenters.